The minimum atomic E-state index is -0.994. The Morgan fingerprint density at radius 1 is 1.20 bits per heavy atom. The van der Waals surface area contributed by atoms with Crippen molar-refractivity contribution >= 4 is 57.5 Å². The Morgan fingerprint density at radius 3 is 2.69 bits per heavy atom. The van der Waals surface area contributed by atoms with Crippen LogP contribution in [-0.4, -0.2) is 40.8 Å². The van der Waals surface area contributed by atoms with Crippen molar-refractivity contribution in [2.45, 2.75) is 38.7 Å². The summed E-state index contributed by atoms with van der Waals surface area (Å²) in [7, 11) is 1.53. The maximum absolute atomic E-state index is 13.0. The van der Waals surface area contributed by atoms with E-state index in [4.69, 9.17) is 9.47 Å². The van der Waals surface area contributed by atoms with Gasteiger partial charge in [0.2, 0.25) is 0 Å². The molecule has 0 radical (unpaired) electrons. The number of thioether (sulfide) groups is 1. The number of imide groups is 1. The van der Waals surface area contributed by atoms with E-state index in [9.17, 15) is 19.5 Å². The fourth-order valence-corrected chi connectivity index (χ4v) is 5.98. The Labute approximate surface area is 222 Å². The first-order valence-corrected chi connectivity index (χ1v) is 13.3. The molecule has 35 heavy (non-hydrogen) atoms. The van der Waals surface area contributed by atoms with Crippen molar-refractivity contribution < 1.29 is 29.0 Å². The Balaban J connectivity index is 1.49. The summed E-state index contributed by atoms with van der Waals surface area (Å²) in [4.78, 5) is 38.5. The molecule has 1 saturated heterocycles. The number of carboxylic acids is 1. The number of nitrogens with zero attached hydrogens (tertiary/aromatic N) is 1. The van der Waals surface area contributed by atoms with Crippen LogP contribution >= 0.6 is 34.4 Å². The first-order chi connectivity index (χ1) is 16.9. The average molecular weight is 607 g/mol. The minimum Gasteiger partial charge on any atom is -0.493 e. The van der Waals surface area contributed by atoms with E-state index in [2.05, 4.69) is 22.6 Å². The van der Waals surface area contributed by atoms with Crippen molar-refractivity contribution in [3.8, 4) is 11.5 Å². The van der Waals surface area contributed by atoms with E-state index in [-0.39, 0.29) is 23.3 Å². The zero-order chi connectivity index (χ0) is 24.9. The molecule has 2 fully saturated rings. The number of hydrogen-bond acceptors (Lipinski definition) is 6. The van der Waals surface area contributed by atoms with Gasteiger partial charge in [-0.1, -0.05) is 31.4 Å². The number of rotatable bonds is 8. The van der Waals surface area contributed by atoms with Crippen molar-refractivity contribution in [1.82, 2.24) is 4.90 Å². The van der Waals surface area contributed by atoms with Crippen LogP contribution in [0.3, 0.4) is 0 Å². The van der Waals surface area contributed by atoms with E-state index in [1.807, 2.05) is 6.07 Å². The zero-order valence-electron chi connectivity index (χ0n) is 19.3. The molecule has 0 bridgehead atoms. The molecule has 9 heteroatoms. The van der Waals surface area contributed by atoms with Crippen LogP contribution in [0.25, 0.3) is 6.08 Å². The largest absolute Gasteiger partial charge is 0.493 e. The molecule has 2 aromatic rings. The summed E-state index contributed by atoms with van der Waals surface area (Å²) >= 11 is 3.11. The van der Waals surface area contributed by atoms with Crippen LogP contribution < -0.4 is 9.47 Å². The lowest BCUT2D eigenvalue weighted by atomic mass is 9.89. The molecule has 2 aliphatic rings. The number of methoxy groups -OCH3 is 1. The molecule has 0 atom stereocenters. The van der Waals surface area contributed by atoms with Gasteiger partial charge in [0.1, 0.15) is 6.61 Å². The fourth-order valence-electron chi connectivity index (χ4n) is 4.35. The first kappa shape index (κ1) is 25.6. The first-order valence-electron chi connectivity index (χ1n) is 11.4. The smallest absolute Gasteiger partial charge is 0.335 e. The third-order valence-electron chi connectivity index (χ3n) is 6.15. The third-order valence-corrected chi connectivity index (χ3v) is 7.85. The van der Waals surface area contributed by atoms with Gasteiger partial charge in [0.25, 0.3) is 11.1 Å². The number of halogens is 1. The Morgan fingerprint density at radius 2 is 1.97 bits per heavy atom. The Bertz CT molecular complexity index is 1170. The maximum atomic E-state index is 13.0. The number of ether oxygens (including phenoxy) is 2. The summed E-state index contributed by atoms with van der Waals surface area (Å²) < 4.78 is 12.3. The number of carbonyl (C=O) groups is 3. The van der Waals surface area contributed by atoms with Gasteiger partial charge in [-0.2, -0.15) is 0 Å². The molecular weight excluding hydrogens is 581 g/mol. The van der Waals surface area contributed by atoms with Gasteiger partial charge in [-0.15, -0.1) is 0 Å². The molecule has 1 aliphatic carbocycles. The normalized spacial score (nSPS) is 17.8. The van der Waals surface area contributed by atoms with Crippen LogP contribution in [0, 0.1) is 9.49 Å². The molecule has 1 N–H and O–H groups in total. The van der Waals surface area contributed by atoms with Gasteiger partial charge in [0, 0.05) is 6.54 Å². The van der Waals surface area contributed by atoms with Crippen LogP contribution in [0.2, 0.25) is 0 Å². The highest BCUT2D eigenvalue weighted by Gasteiger charge is 2.36. The second-order valence-electron chi connectivity index (χ2n) is 8.62. The van der Waals surface area contributed by atoms with E-state index < -0.39 is 5.97 Å². The van der Waals surface area contributed by atoms with Crippen LogP contribution in [-0.2, 0) is 11.4 Å². The Kier molecular flexibility index (Phi) is 8.38. The van der Waals surface area contributed by atoms with E-state index in [1.165, 1.54) is 24.5 Å². The van der Waals surface area contributed by atoms with Crippen LogP contribution in [0.5, 0.6) is 11.5 Å². The molecule has 184 valence electrons. The lowest BCUT2D eigenvalue weighted by molar-refractivity contribution is -0.123. The topological polar surface area (TPSA) is 93.1 Å². The number of aromatic carboxylic acids is 1. The lowest BCUT2D eigenvalue weighted by Crippen LogP contribution is -2.34. The summed E-state index contributed by atoms with van der Waals surface area (Å²) in [5, 5.41) is 8.97. The third kappa shape index (κ3) is 6.19. The van der Waals surface area contributed by atoms with Gasteiger partial charge in [-0.05, 0) is 94.6 Å². The monoisotopic (exact) mass is 607 g/mol. The lowest BCUT2D eigenvalue weighted by Gasteiger charge is -2.25. The molecule has 0 unspecified atom stereocenters. The second kappa shape index (κ2) is 11.5. The highest BCUT2D eigenvalue weighted by atomic mass is 127. The van der Waals surface area contributed by atoms with Crippen molar-refractivity contribution in [3.05, 3.63) is 61.6 Å². The summed E-state index contributed by atoms with van der Waals surface area (Å²) in [6.45, 7) is 0.672. The van der Waals surface area contributed by atoms with Crippen LogP contribution in [0.1, 0.15) is 53.6 Å². The molecule has 2 amide bonds. The van der Waals surface area contributed by atoms with Gasteiger partial charge in [0.05, 0.1) is 21.1 Å². The van der Waals surface area contributed by atoms with Crippen molar-refractivity contribution in [2.24, 2.45) is 5.92 Å². The minimum absolute atomic E-state index is 0.173. The molecule has 1 heterocycles. The molecule has 0 spiro atoms. The van der Waals surface area contributed by atoms with Crippen LogP contribution in [0.15, 0.2) is 41.3 Å². The van der Waals surface area contributed by atoms with Crippen LogP contribution in [0.4, 0.5) is 4.79 Å². The second-order valence-corrected chi connectivity index (χ2v) is 10.8. The van der Waals surface area contributed by atoms with Gasteiger partial charge >= 0.3 is 5.97 Å². The average Bonchev–Trinajstić information content (AvgIpc) is 3.11. The van der Waals surface area contributed by atoms with Gasteiger partial charge in [-0.25, -0.2) is 4.79 Å². The number of carbonyl (C=O) groups excluding carboxylic acids is 2. The summed E-state index contributed by atoms with van der Waals surface area (Å²) in [5.41, 5.74) is 1.65. The quantitative estimate of drug-likeness (QED) is 0.283. The maximum Gasteiger partial charge on any atom is 0.335 e. The summed E-state index contributed by atoms with van der Waals surface area (Å²) in [6, 6.07) is 10.2. The molecule has 0 aromatic heterocycles. The number of amides is 2. The molecular formula is C26H26INO6S. The van der Waals surface area contributed by atoms with E-state index in [1.54, 1.807) is 30.3 Å². The van der Waals surface area contributed by atoms with Crippen molar-refractivity contribution in [1.29, 1.82) is 0 Å². The van der Waals surface area contributed by atoms with E-state index in [0.717, 1.165) is 52.1 Å². The van der Waals surface area contributed by atoms with Gasteiger partial charge < -0.3 is 14.6 Å². The number of carboxylic acid groups (broad SMARTS) is 1. The predicted octanol–water partition coefficient (Wildman–Crippen LogP) is 6.19. The van der Waals surface area contributed by atoms with Crippen molar-refractivity contribution in [3.63, 3.8) is 0 Å². The summed E-state index contributed by atoms with van der Waals surface area (Å²) in [6.07, 6.45) is 7.41. The Hall–Kier alpha value is -2.53. The molecule has 4 rings (SSSR count). The molecule has 2 aromatic carbocycles. The number of benzene rings is 2. The fraction of sp³-hybridized carbons (Fsp3) is 0.346. The highest BCUT2D eigenvalue weighted by Crippen LogP contribution is 2.38. The van der Waals surface area contributed by atoms with Gasteiger partial charge in [-0.3, -0.25) is 14.5 Å². The highest BCUT2D eigenvalue weighted by molar-refractivity contribution is 14.1. The molecule has 7 nitrogen and oxygen atoms in total. The summed E-state index contributed by atoms with van der Waals surface area (Å²) in [5.74, 6) is 0.172. The molecule has 1 aliphatic heterocycles. The van der Waals surface area contributed by atoms with Gasteiger partial charge in [0.15, 0.2) is 11.5 Å². The molecule has 1 saturated carbocycles. The standard InChI is InChI=1S/C26H26INO6S/c1-33-21-12-18(11-20(27)23(21)34-15-17-8-5-9-19(10-17)25(30)31)13-22-24(29)28(26(32)35-22)14-16-6-3-2-4-7-16/h5,8-13,16H,2-4,6-7,14-15H2,1H3,(H,30,31)/b22-13+. The van der Waals surface area contributed by atoms with Crippen molar-refractivity contribution in [2.75, 3.05) is 13.7 Å². The van der Waals surface area contributed by atoms with E-state index in [0.29, 0.717) is 28.9 Å². The zero-order valence-corrected chi connectivity index (χ0v) is 22.3. The number of hydrogen-bond donors (Lipinski definition) is 1. The predicted molar refractivity (Wildman–Crippen MR) is 143 cm³/mol. The SMILES string of the molecule is COc1cc(/C=C2/SC(=O)N(CC3CCCCC3)C2=O)cc(I)c1OCc1cccc(C(=O)O)c1. The van der Waals surface area contributed by atoms with E-state index >= 15 is 0 Å².